The van der Waals surface area contributed by atoms with E-state index in [1.54, 1.807) is 0 Å². The van der Waals surface area contributed by atoms with Gasteiger partial charge in [0.25, 0.3) is 0 Å². The highest BCUT2D eigenvalue weighted by atomic mass is 31.1. The van der Waals surface area contributed by atoms with E-state index in [4.69, 9.17) is 0 Å². The van der Waals surface area contributed by atoms with Crippen molar-refractivity contribution >= 4 is 13.9 Å². The molecule has 0 heterocycles. The molecule has 1 unspecified atom stereocenters. The van der Waals surface area contributed by atoms with Crippen LogP contribution in [0, 0.1) is 6.92 Å². The summed E-state index contributed by atoms with van der Waals surface area (Å²) in [5.41, 5.74) is 1.42. The first-order chi connectivity index (χ1) is 5.49. The van der Waals surface area contributed by atoms with E-state index in [2.05, 4.69) is 52.0 Å². The molecule has 0 aliphatic heterocycles. The first-order valence-corrected chi connectivity index (χ1v) is 5.33. The minimum absolute atomic E-state index is 0.423. The van der Waals surface area contributed by atoms with E-state index in [1.807, 2.05) is 0 Å². The van der Waals surface area contributed by atoms with Crippen LogP contribution >= 0.6 is 8.58 Å². The van der Waals surface area contributed by atoms with Gasteiger partial charge in [0.05, 0.1) is 0 Å². The summed E-state index contributed by atoms with van der Waals surface area (Å²) in [6.07, 6.45) is 0. The maximum atomic E-state index is 2.29. The molecule has 12 heavy (non-hydrogen) atoms. The Kier molecular flexibility index (Phi) is 2.90. The van der Waals surface area contributed by atoms with E-state index in [0.29, 0.717) is 5.16 Å². The average Bonchev–Trinajstić information content (AvgIpc) is 1.91. The summed E-state index contributed by atoms with van der Waals surface area (Å²) in [7, 11) is 0.913. The predicted octanol–water partition coefficient (Wildman–Crippen LogP) is 3.10. The predicted molar refractivity (Wildman–Crippen MR) is 58.9 cm³/mol. The number of hydrogen-bond donors (Lipinski definition) is 0. The van der Waals surface area contributed by atoms with Crippen LogP contribution in [0.5, 0.6) is 0 Å². The molecule has 1 heteroatoms. The monoisotopic (exact) mass is 180 g/mol. The Bertz CT molecular complexity index is 258. The summed E-state index contributed by atoms with van der Waals surface area (Å²) in [4.78, 5) is 0. The first-order valence-electron chi connectivity index (χ1n) is 4.33. The second kappa shape index (κ2) is 3.58. The van der Waals surface area contributed by atoms with Crippen LogP contribution in [0.2, 0.25) is 0 Å². The van der Waals surface area contributed by atoms with Crippen molar-refractivity contribution in [3.63, 3.8) is 0 Å². The van der Waals surface area contributed by atoms with Gasteiger partial charge in [0.1, 0.15) is 0 Å². The molecule has 0 radical (unpaired) electrons. The summed E-state index contributed by atoms with van der Waals surface area (Å²) in [5, 5.41) is 1.93. The Morgan fingerprint density at radius 1 is 1.08 bits per heavy atom. The standard InChI is InChI=1S/C11H17P/c1-9-7-5-6-8-10(9)12-11(2,3)4/h5-8,12H,1-4H3. The number of rotatable bonds is 1. The van der Waals surface area contributed by atoms with Crippen LogP contribution in [0.1, 0.15) is 26.3 Å². The Morgan fingerprint density at radius 2 is 1.67 bits per heavy atom. The van der Waals surface area contributed by atoms with Gasteiger partial charge < -0.3 is 0 Å². The summed E-state index contributed by atoms with van der Waals surface area (Å²) in [6, 6.07) is 8.65. The molecule has 66 valence electrons. The first kappa shape index (κ1) is 9.74. The molecular weight excluding hydrogens is 163 g/mol. The van der Waals surface area contributed by atoms with Crippen molar-refractivity contribution in [2.24, 2.45) is 0 Å². The zero-order chi connectivity index (χ0) is 9.19. The molecule has 0 bridgehead atoms. The minimum Gasteiger partial charge on any atom is -0.0846 e. The zero-order valence-electron chi connectivity index (χ0n) is 8.31. The third kappa shape index (κ3) is 2.95. The lowest BCUT2D eigenvalue weighted by molar-refractivity contribution is 0.799. The van der Waals surface area contributed by atoms with Crippen molar-refractivity contribution in [3.8, 4) is 0 Å². The number of benzene rings is 1. The minimum atomic E-state index is 0.423. The van der Waals surface area contributed by atoms with Gasteiger partial charge >= 0.3 is 0 Å². The van der Waals surface area contributed by atoms with Crippen molar-refractivity contribution in [3.05, 3.63) is 29.8 Å². The van der Waals surface area contributed by atoms with Crippen LogP contribution in [0.25, 0.3) is 0 Å². The largest absolute Gasteiger partial charge is 0.0846 e. The summed E-state index contributed by atoms with van der Waals surface area (Å²) in [5.74, 6) is 0. The Balaban J connectivity index is 2.83. The van der Waals surface area contributed by atoms with E-state index in [1.165, 1.54) is 10.9 Å². The fourth-order valence-electron chi connectivity index (χ4n) is 1.12. The SMILES string of the molecule is Cc1ccccc1PC(C)(C)C. The molecule has 1 atom stereocenters. The fraction of sp³-hybridized carbons (Fsp3) is 0.455. The molecule has 0 N–H and O–H groups in total. The average molecular weight is 180 g/mol. The van der Waals surface area contributed by atoms with Gasteiger partial charge in [0.15, 0.2) is 0 Å². The van der Waals surface area contributed by atoms with Crippen LogP contribution < -0.4 is 5.30 Å². The molecule has 1 aromatic rings. The smallest absolute Gasteiger partial charge is 0.0166 e. The summed E-state index contributed by atoms with van der Waals surface area (Å²) >= 11 is 0. The van der Waals surface area contributed by atoms with E-state index in [0.717, 1.165) is 8.58 Å². The maximum Gasteiger partial charge on any atom is -0.0166 e. The summed E-state index contributed by atoms with van der Waals surface area (Å²) < 4.78 is 0. The van der Waals surface area contributed by atoms with Crippen LogP contribution in [-0.4, -0.2) is 5.16 Å². The van der Waals surface area contributed by atoms with Gasteiger partial charge in [-0.05, 0) is 22.9 Å². The molecule has 0 aliphatic carbocycles. The Hall–Kier alpha value is -0.350. The molecule has 0 spiro atoms. The highest BCUT2D eigenvalue weighted by Crippen LogP contribution is 2.30. The van der Waals surface area contributed by atoms with E-state index >= 15 is 0 Å². The van der Waals surface area contributed by atoms with Gasteiger partial charge in [-0.15, -0.1) is 0 Å². The van der Waals surface area contributed by atoms with Gasteiger partial charge in [-0.3, -0.25) is 0 Å². The molecule has 0 amide bonds. The Labute approximate surface area is 77.2 Å². The van der Waals surface area contributed by atoms with Gasteiger partial charge in [-0.25, -0.2) is 0 Å². The highest BCUT2D eigenvalue weighted by molar-refractivity contribution is 7.49. The van der Waals surface area contributed by atoms with Crippen molar-refractivity contribution < 1.29 is 0 Å². The molecule has 0 fully saturated rings. The number of aryl methyl sites for hydroxylation is 1. The van der Waals surface area contributed by atoms with Gasteiger partial charge in [0, 0.05) is 0 Å². The molecule has 0 aromatic heterocycles. The third-order valence-corrected chi connectivity index (χ3v) is 3.24. The molecule has 0 saturated heterocycles. The second-order valence-electron chi connectivity index (χ2n) is 4.19. The molecule has 1 aromatic carbocycles. The van der Waals surface area contributed by atoms with E-state index in [9.17, 15) is 0 Å². The summed E-state index contributed by atoms with van der Waals surface area (Å²) in [6.45, 7) is 9.06. The highest BCUT2D eigenvalue weighted by Gasteiger charge is 2.11. The fourth-order valence-corrected chi connectivity index (χ4v) is 2.39. The van der Waals surface area contributed by atoms with Crippen molar-refractivity contribution in [1.29, 1.82) is 0 Å². The van der Waals surface area contributed by atoms with E-state index in [-0.39, 0.29) is 0 Å². The van der Waals surface area contributed by atoms with Crippen LogP contribution in [-0.2, 0) is 0 Å². The quantitative estimate of drug-likeness (QED) is 0.582. The van der Waals surface area contributed by atoms with Crippen LogP contribution in [0.3, 0.4) is 0 Å². The molecule has 0 saturated carbocycles. The van der Waals surface area contributed by atoms with Gasteiger partial charge in [-0.2, -0.15) is 0 Å². The maximum absolute atomic E-state index is 2.29. The van der Waals surface area contributed by atoms with Crippen molar-refractivity contribution in [2.45, 2.75) is 32.9 Å². The zero-order valence-corrected chi connectivity index (χ0v) is 9.31. The normalized spacial score (nSPS) is 12.7. The molecule has 0 nitrogen and oxygen atoms in total. The van der Waals surface area contributed by atoms with Crippen LogP contribution in [0.4, 0.5) is 0 Å². The molecule has 0 aliphatic rings. The van der Waals surface area contributed by atoms with Gasteiger partial charge in [-0.1, -0.05) is 53.6 Å². The van der Waals surface area contributed by atoms with Crippen molar-refractivity contribution in [2.75, 3.05) is 0 Å². The Morgan fingerprint density at radius 3 is 2.17 bits per heavy atom. The van der Waals surface area contributed by atoms with Gasteiger partial charge in [0.2, 0.25) is 0 Å². The lowest BCUT2D eigenvalue weighted by atomic mass is 10.2. The van der Waals surface area contributed by atoms with Crippen LogP contribution in [0.15, 0.2) is 24.3 Å². The second-order valence-corrected chi connectivity index (χ2v) is 6.48. The lowest BCUT2D eigenvalue weighted by Gasteiger charge is -2.19. The topological polar surface area (TPSA) is 0 Å². The molecule has 1 rings (SSSR count). The third-order valence-electron chi connectivity index (χ3n) is 1.65. The lowest BCUT2D eigenvalue weighted by Crippen LogP contribution is -2.12. The number of hydrogen-bond acceptors (Lipinski definition) is 0. The van der Waals surface area contributed by atoms with Crippen molar-refractivity contribution in [1.82, 2.24) is 0 Å². The van der Waals surface area contributed by atoms with E-state index < -0.39 is 0 Å². The molecular formula is C11H17P.